The standard InChI is InChI=1S/C21H17ClN4O2S/c1-13-3-8-18(14(2)11-13)29-20-19-24-26(21(28)25(19)10-9-23-20)12-17(27)15-4-6-16(22)7-5-15/h3-11H,12H2,1-2H3. The van der Waals surface area contributed by atoms with Crippen LogP contribution in [0.15, 0.2) is 69.6 Å². The summed E-state index contributed by atoms with van der Waals surface area (Å²) in [6.45, 7) is 3.92. The number of carbonyl (C=O) groups is 1. The Balaban J connectivity index is 1.68. The van der Waals surface area contributed by atoms with E-state index in [1.54, 1.807) is 36.7 Å². The molecule has 29 heavy (non-hydrogen) atoms. The highest BCUT2D eigenvalue weighted by molar-refractivity contribution is 7.99. The minimum atomic E-state index is -0.382. The molecule has 2 heterocycles. The summed E-state index contributed by atoms with van der Waals surface area (Å²) in [7, 11) is 0. The molecule has 2 aromatic heterocycles. The van der Waals surface area contributed by atoms with Gasteiger partial charge in [0.2, 0.25) is 0 Å². The van der Waals surface area contributed by atoms with E-state index in [-0.39, 0.29) is 18.0 Å². The minimum absolute atomic E-state index is 0.157. The van der Waals surface area contributed by atoms with Crippen LogP contribution < -0.4 is 5.69 Å². The lowest BCUT2D eigenvalue weighted by molar-refractivity contribution is 0.0966. The van der Waals surface area contributed by atoms with E-state index in [0.717, 1.165) is 10.5 Å². The van der Waals surface area contributed by atoms with E-state index >= 15 is 0 Å². The molecule has 0 saturated heterocycles. The monoisotopic (exact) mass is 424 g/mol. The lowest BCUT2D eigenvalue weighted by atomic mass is 10.1. The van der Waals surface area contributed by atoms with Crippen LogP contribution in [0.4, 0.5) is 0 Å². The quantitative estimate of drug-likeness (QED) is 0.449. The molecule has 0 aliphatic rings. The van der Waals surface area contributed by atoms with E-state index in [9.17, 15) is 9.59 Å². The number of ketones is 1. The fourth-order valence-corrected chi connectivity index (χ4v) is 4.02. The van der Waals surface area contributed by atoms with Crippen molar-refractivity contribution in [2.45, 2.75) is 30.3 Å². The topological polar surface area (TPSA) is 69.3 Å². The zero-order chi connectivity index (χ0) is 20.5. The van der Waals surface area contributed by atoms with Crippen LogP contribution in [0.2, 0.25) is 5.02 Å². The van der Waals surface area contributed by atoms with E-state index in [0.29, 0.717) is 21.3 Å². The molecule has 0 N–H and O–H groups in total. The normalized spacial score (nSPS) is 11.1. The van der Waals surface area contributed by atoms with Crippen LogP contribution in [-0.2, 0) is 6.54 Å². The third-order valence-electron chi connectivity index (χ3n) is 4.47. The van der Waals surface area contributed by atoms with Crippen molar-refractivity contribution in [1.82, 2.24) is 19.2 Å². The average Bonchev–Trinajstić information content (AvgIpc) is 3.01. The zero-order valence-electron chi connectivity index (χ0n) is 15.8. The molecule has 0 fully saturated rings. The molecule has 8 heteroatoms. The number of nitrogens with zero attached hydrogens (tertiary/aromatic N) is 4. The molecular weight excluding hydrogens is 408 g/mol. The fourth-order valence-electron chi connectivity index (χ4n) is 2.98. The molecule has 0 saturated carbocycles. The van der Waals surface area contributed by atoms with E-state index in [2.05, 4.69) is 16.1 Å². The molecule has 2 aromatic carbocycles. The summed E-state index contributed by atoms with van der Waals surface area (Å²) in [5.41, 5.74) is 2.82. The van der Waals surface area contributed by atoms with Gasteiger partial charge in [0.25, 0.3) is 0 Å². The molecule has 4 aromatic rings. The molecule has 0 unspecified atom stereocenters. The van der Waals surface area contributed by atoms with Gasteiger partial charge in [-0.05, 0) is 49.7 Å². The Labute approximate surface area is 176 Å². The van der Waals surface area contributed by atoms with Gasteiger partial charge in [-0.1, -0.05) is 41.1 Å². The summed E-state index contributed by atoms with van der Waals surface area (Å²) in [6, 6.07) is 12.7. The number of carbonyl (C=O) groups excluding carboxylic acids is 1. The molecule has 0 atom stereocenters. The van der Waals surface area contributed by atoms with Gasteiger partial charge in [-0.15, -0.1) is 5.10 Å². The zero-order valence-corrected chi connectivity index (χ0v) is 17.4. The third kappa shape index (κ3) is 3.97. The van der Waals surface area contributed by atoms with Crippen molar-refractivity contribution < 1.29 is 4.79 Å². The van der Waals surface area contributed by atoms with Crippen LogP contribution in [0, 0.1) is 13.8 Å². The number of Topliss-reactive ketones (excluding diaryl/α,β-unsaturated/α-hetero) is 1. The lowest BCUT2D eigenvalue weighted by Crippen LogP contribution is -2.25. The second-order valence-corrected chi connectivity index (χ2v) is 8.13. The minimum Gasteiger partial charge on any atom is -0.292 e. The Hall–Kier alpha value is -2.90. The Kier molecular flexibility index (Phi) is 5.25. The summed E-state index contributed by atoms with van der Waals surface area (Å²) in [6.07, 6.45) is 3.12. The number of halogens is 1. The van der Waals surface area contributed by atoms with Crippen LogP contribution in [-0.4, -0.2) is 24.9 Å². The number of rotatable bonds is 5. The van der Waals surface area contributed by atoms with Gasteiger partial charge in [0.05, 0.1) is 0 Å². The van der Waals surface area contributed by atoms with E-state index in [1.807, 2.05) is 26.0 Å². The highest BCUT2D eigenvalue weighted by Gasteiger charge is 2.16. The van der Waals surface area contributed by atoms with Crippen LogP contribution in [0.3, 0.4) is 0 Å². The number of aromatic nitrogens is 4. The molecule has 146 valence electrons. The van der Waals surface area contributed by atoms with Crippen molar-refractivity contribution in [3.8, 4) is 0 Å². The van der Waals surface area contributed by atoms with Gasteiger partial charge >= 0.3 is 5.69 Å². The Morgan fingerprint density at radius 1 is 1.14 bits per heavy atom. The summed E-state index contributed by atoms with van der Waals surface area (Å²) in [4.78, 5) is 30.7. The highest BCUT2D eigenvalue weighted by Crippen LogP contribution is 2.31. The molecule has 4 rings (SSSR count). The predicted molar refractivity (Wildman–Crippen MR) is 113 cm³/mol. The first kappa shape index (κ1) is 19.4. The first-order valence-corrected chi connectivity index (χ1v) is 10.1. The highest BCUT2D eigenvalue weighted by atomic mass is 35.5. The summed E-state index contributed by atoms with van der Waals surface area (Å²) < 4.78 is 2.58. The first-order valence-electron chi connectivity index (χ1n) is 8.90. The van der Waals surface area contributed by atoms with Crippen molar-refractivity contribution in [2.75, 3.05) is 0 Å². The maximum atomic E-state index is 12.7. The van der Waals surface area contributed by atoms with Crippen molar-refractivity contribution in [3.63, 3.8) is 0 Å². The third-order valence-corrected chi connectivity index (χ3v) is 5.88. The molecule has 0 bridgehead atoms. The number of hydrogen-bond donors (Lipinski definition) is 0. The second-order valence-electron chi connectivity index (χ2n) is 6.67. The fraction of sp³-hybridized carbons (Fsp3) is 0.143. The van der Waals surface area contributed by atoms with Gasteiger partial charge in [0, 0.05) is 27.9 Å². The van der Waals surface area contributed by atoms with E-state index in [1.165, 1.54) is 26.4 Å². The van der Waals surface area contributed by atoms with Crippen LogP contribution in [0.5, 0.6) is 0 Å². The van der Waals surface area contributed by atoms with Gasteiger partial charge in [0.1, 0.15) is 11.6 Å². The van der Waals surface area contributed by atoms with Crippen molar-refractivity contribution in [1.29, 1.82) is 0 Å². The van der Waals surface area contributed by atoms with Crippen LogP contribution in [0.25, 0.3) is 5.65 Å². The van der Waals surface area contributed by atoms with Crippen molar-refractivity contribution in [3.05, 3.63) is 87.1 Å². The van der Waals surface area contributed by atoms with Crippen LogP contribution in [0.1, 0.15) is 21.5 Å². The van der Waals surface area contributed by atoms with Crippen LogP contribution >= 0.6 is 23.4 Å². The maximum absolute atomic E-state index is 12.7. The van der Waals surface area contributed by atoms with Gasteiger partial charge < -0.3 is 0 Å². The first-order chi connectivity index (χ1) is 13.9. The Morgan fingerprint density at radius 2 is 1.90 bits per heavy atom. The molecule has 0 spiro atoms. The summed E-state index contributed by atoms with van der Waals surface area (Å²) in [5, 5.41) is 5.53. The maximum Gasteiger partial charge on any atom is 0.350 e. The molecule has 6 nitrogen and oxygen atoms in total. The van der Waals surface area contributed by atoms with Crippen molar-refractivity contribution in [2.24, 2.45) is 0 Å². The molecule has 0 amide bonds. The number of aryl methyl sites for hydroxylation is 2. The SMILES string of the molecule is Cc1ccc(Sc2nccn3c(=O)n(CC(=O)c4ccc(Cl)cc4)nc23)c(C)c1. The van der Waals surface area contributed by atoms with Gasteiger partial charge in [-0.2, -0.15) is 0 Å². The summed E-state index contributed by atoms with van der Waals surface area (Å²) in [5.74, 6) is -0.219. The Bertz CT molecular complexity index is 1280. The Morgan fingerprint density at radius 3 is 2.62 bits per heavy atom. The largest absolute Gasteiger partial charge is 0.350 e. The predicted octanol–water partition coefficient (Wildman–Crippen LogP) is 4.20. The average molecular weight is 425 g/mol. The smallest absolute Gasteiger partial charge is 0.292 e. The number of benzene rings is 2. The second kappa shape index (κ2) is 7.85. The molecule has 0 aliphatic carbocycles. The lowest BCUT2D eigenvalue weighted by Gasteiger charge is -2.06. The number of fused-ring (bicyclic) bond motifs is 1. The van der Waals surface area contributed by atoms with E-state index in [4.69, 9.17) is 11.6 Å². The van der Waals surface area contributed by atoms with Gasteiger partial charge in [0.15, 0.2) is 11.4 Å². The molecule has 0 aliphatic heterocycles. The summed E-state index contributed by atoms with van der Waals surface area (Å²) >= 11 is 7.31. The molecular formula is C21H17ClN4O2S. The van der Waals surface area contributed by atoms with E-state index < -0.39 is 0 Å². The van der Waals surface area contributed by atoms with Crippen molar-refractivity contribution >= 4 is 34.8 Å². The van der Waals surface area contributed by atoms with Gasteiger partial charge in [-0.25, -0.2) is 18.9 Å². The van der Waals surface area contributed by atoms with Gasteiger partial charge in [-0.3, -0.25) is 4.79 Å². The molecule has 0 radical (unpaired) electrons. The number of hydrogen-bond acceptors (Lipinski definition) is 5.